The van der Waals surface area contributed by atoms with Crippen molar-refractivity contribution in [1.82, 2.24) is 5.32 Å². The van der Waals surface area contributed by atoms with Gasteiger partial charge in [0.1, 0.15) is 12.7 Å². The van der Waals surface area contributed by atoms with Crippen molar-refractivity contribution in [1.29, 1.82) is 0 Å². The third-order valence-corrected chi connectivity index (χ3v) is 11.9. The lowest BCUT2D eigenvalue weighted by Crippen LogP contribution is -2.43. The molecule has 358 valence electrons. The third-order valence-electron chi connectivity index (χ3n) is 11.0. The number of nitrogens with one attached hydrogen (secondary N) is 1. The number of carboxylic acid groups (broad SMARTS) is 1. The van der Waals surface area contributed by atoms with Gasteiger partial charge in [-0.15, -0.1) is 0 Å². The predicted octanol–water partition coefficient (Wildman–Crippen LogP) is 13.4. The molecule has 0 radical (unpaired) electrons. The number of rotatable bonds is 47. The molecule has 0 aromatic heterocycles. The molecule has 3 atom stereocenters. The summed E-state index contributed by atoms with van der Waals surface area (Å²) in [5, 5.41) is 21.9. The van der Waals surface area contributed by atoms with Crippen molar-refractivity contribution in [3.8, 4) is 0 Å². The van der Waals surface area contributed by atoms with Crippen molar-refractivity contribution in [2.24, 2.45) is 0 Å². The fourth-order valence-corrected chi connectivity index (χ4v) is 7.88. The van der Waals surface area contributed by atoms with Gasteiger partial charge in [0.25, 0.3) is 0 Å². The quantitative estimate of drug-likeness (QED) is 0.0200. The van der Waals surface area contributed by atoms with Gasteiger partial charge in [0.2, 0.25) is 5.91 Å². The number of allylic oxidation sites excluding steroid dienone is 4. The largest absolute Gasteiger partial charge is 0.480 e. The highest BCUT2D eigenvalue weighted by Crippen LogP contribution is 2.43. The maximum Gasteiger partial charge on any atom is 0.472 e. The summed E-state index contributed by atoms with van der Waals surface area (Å²) in [4.78, 5) is 46.1. The smallest absolute Gasteiger partial charge is 0.472 e. The maximum absolute atomic E-state index is 12.4. The molecule has 0 heterocycles. The van der Waals surface area contributed by atoms with E-state index in [1.807, 2.05) is 0 Å². The Morgan fingerprint density at radius 3 is 1.36 bits per heavy atom. The van der Waals surface area contributed by atoms with Crippen molar-refractivity contribution in [2.75, 3.05) is 19.8 Å². The van der Waals surface area contributed by atoms with Gasteiger partial charge >= 0.3 is 19.8 Å². The van der Waals surface area contributed by atoms with E-state index in [4.69, 9.17) is 13.8 Å². The average molecular weight is 886 g/mol. The fraction of sp³-hybridized carbons (Fsp3) is 0.857. The SMILES string of the molecule is CCCCC/C=C\C/C=C\CCCCCCCCCCCCCC(=O)NC(COP(=O)(O)OCC(O)COC(=O)CCCCCCCCCCCCCCCCCC)C(=O)O. The van der Waals surface area contributed by atoms with Gasteiger partial charge in [0.15, 0.2) is 6.04 Å². The molecule has 0 bridgehead atoms. The number of aliphatic carboxylic acids is 1. The Bertz CT molecular complexity index is 1130. The number of unbranched alkanes of at least 4 members (excludes halogenated alkanes) is 29. The van der Waals surface area contributed by atoms with Crippen LogP contribution in [0.3, 0.4) is 0 Å². The monoisotopic (exact) mass is 886 g/mol. The second-order valence-corrected chi connectivity index (χ2v) is 18.5. The Labute approximate surface area is 372 Å². The molecule has 61 heavy (non-hydrogen) atoms. The first-order valence-electron chi connectivity index (χ1n) is 24.9. The van der Waals surface area contributed by atoms with Crippen LogP contribution in [0.15, 0.2) is 24.3 Å². The van der Waals surface area contributed by atoms with Gasteiger partial charge in [-0.3, -0.25) is 18.6 Å². The summed E-state index contributed by atoms with van der Waals surface area (Å²) in [5.41, 5.74) is 0. The number of hydrogen-bond donors (Lipinski definition) is 4. The molecule has 12 heteroatoms. The number of aliphatic hydroxyl groups is 1. The van der Waals surface area contributed by atoms with Gasteiger partial charge in [-0.25, -0.2) is 9.36 Å². The number of carbonyl (C=O) groups excluding carboxylic acids is 2. The number of esters is 1. The molecule has 0 fully saturated rings. The Hall–Kier alpha value is -2.04. The predicted molar refractivity (Wildman–Crippen MR) is 249 cm³/mol. The number of ether oxygens (including phenoxy) is 1. The molecule has 0 saturated heterocycles. The lowest BCUT2D eigenvalue weighted by Gasteiger charge is -2.18. The third kappa shape index (κ3) is 44.4. The van der Waals surface area contributed by atoms with Crippen LogP contribution in [-0.4, -0.2) is 64.9 Å². The summed E-state index contributed by atoms with van der Waals surface area (Å²) in [6.07, 6.45) is 47.6. The summed E-state index contributed by atoms with van der Waals surface area (Å²) in [6, 6.07) is -1.55. The van der Waals surface area contributed by atoms with Crippen LogP contribution < -0.4 is 5.32 Å². The van der Waals surface area contributed by atoms with E-state index in [0.29, 0.717) is 12.8 Å². The molecule has 0 aliphatic carbocycles. The van der Waals surface area contributed by atoms with Gasteiger partial charge in [-0.1, -0.05) is 205 Å². The van der Waals surface area contributed by atoms with Crippen LogP contribution in [0.1, 0.15) is 239 Å². The number of amides is 1. The minimum Gasteiger partial charge on any atom is -0.480 e. The number of phosphoric ester groups is 1. The van der Waals surface area contributed by atoms with Gasteiger partial charge in [0, 0.05) is 12.8 Å². The second kappa shape index (κ2) is 44.6. The minimum atomic E-state index is -4.76. The summed E-state index contributed by atoms with van der Waals surface area (Å²) in [5.74, 6) is -2.36. The molecule has 0 saturated carbocycles. The van der Waals surface area contributed by atoms with E-state index < -0.39 is 57.6 Å². The van der Waals surface area contributed by atoms with Gasteiger partial charge < -0.3 is 25.2 Å². The lowest BCUT2D eigenvalue weighted by molar-refractivity contribution is -0.147. The van der Waals surface area contributed by atoms with E-state index >= 15 is 0 Å². The zero-order valence-electron chi connectivity index (χ0n) is 39.0. The first-order valence-corrected chi connectivity index (χ1v) is 26.4. The second-order valence-electron chi connectivity index (χ2n) is 17.0. The van der Waals surface area contributed by atoms with E-state index in [-0.39, 0.29) is 12.8 Å². The van der Waals surface area contributed by atoms with Crippen LogP contribution in [0.2, 0.25) is 0 Å². The molecular weight excluding hydrogens is 794 g/mol. The van der Waals surface area contributed by atoms with Crippen LogP contribution >= 0.6 is 7.82 Å². The first-order chi connectivity index (χ1) is 29.6. The van der Waals surface area contributed by atoms with Crippen molar-refractivity contribution >= 4 is 25.7 Å². The van der Waals surface area contributed by atoms with Crippen LogP contribution in [0.25, 0.3) is 0 Å². The number of hydrogen-bond acceptors (Lipinski definition) is 8. The Balaban J connectivity index is 3.83. The summed E-state index contributed by atoms with van der Waals surface area (Å²) < 4.78 is 26.9. The van der Waals surface area contributed by atoms with E-state index in [0.717, 1.165) is 44.9 Å². The standard InChI is InChI=1S/C49H92NO10P/c1-3-5-7-9-11-13-15-17-19-21-22-23-24-25-26-28-30-32-34-36-38-40-47(52)50-46(49(54)55)44-60-61(56,57)59-43-45(51)42-58-48(53)41-39-37-35-33-31-29-27-20-18-16-14-12-10-8-6-4-2/h11,13,17,19,45-46,51H,3-10,12,14-16,18,20-44H2,1-2H3,(H,50,52)(H,54,55)(H,56,57)/b13-11-,19-17-. The average Bonchev–Trinajstić information content (AvgIpc) is 3.24. The minimum absolute atomic E-state index is 0.145. The molecule has 0 rings (SSSR count). The van der Waals surface area contributed by atoms with E-state index in [9.17, 15) is 34.1 Å². The van der Waals surface area contributed by atoms with Crippen LogP contribution in [0, 0.1) is 0 Å². The van der Waals surface area contributed by atoms with E-state index in [2.05, 4.69) is 43.5 Å². The molecule has 4 N–H and O–H groups in total. The molecule has 1 amide bonds. The molecule has 0 aliphatic rings. The molecule has 0 aromatic rings. The lowest BCUT2D eigenvalue weighted by atomic mass is 10.0. The van der Waals surface area contributed by atoms with Gasteiger partial charge in [-0.2, -0.15) is 0 Å². The highest BCUT2D eigenvalue weighted by Gasteiger charge is 2.28. The maximum atomic E-state index is 12.4. The summed E-state index contributed by atoms with van der Waals surface area (Å²) in [7, 11) is -4.76. The molecule has 11 nitrogen and oxygen atoms in total. The zero-order valence-corrected chi connectivity index (χ0v) is 39.9. The number of aliphatic hydroxyl groups excluding tert-OH is 1. The van der Waals surface area contributed by atoms with Crippen LogP contribution in [-0.2, 0) is 32.7 Å². The van der Waals surface area contributed by atoms with Crippen molar-refractivity contribution in [3.63, 3.8) is 0 Å². The number of phosphoric acid groups is 1. The van der Waals surface area contributed by atoms with E-state index in [1.54, 1.807) is 0 Å². The number of carboxylic acids is 1. The van der Waals surface area contributed by atoms with Crippen molar-refractivity contribution < 1.29 is 47.8 Å². The fourth-order valence-electron chi connectivity index (χ4n) is 7.11. The van der Waals surface area contributed by atoms with Crippen molar-refractivity contribution in [2.45, 2.75) is 251 Å². The molecular formula is C49H92NO10P. The molecule has 3 unspecified atom stereocenters. The number of carbonyl (C=O) groups is 3. The Morgan fingerprint density at radius 2 is 0.902 bits per heavy atom. The highest BCUT2D eigenvalue weighted by atomic mass is 31.2. The van der Waals surface area contributed by atoms with Crippen LogP contribution in [0.4, 0.5) is 0 Å². The first kappa shape index (κ1) is 59.0. The normalized spacial score (nSPS) is 13.8. The zero-order chi connectivity index (χ0) is 44.9. The molecule has 0 aromatic carbocycles. The Morgan fingerprint density at radius 1 is 0.525 bits per heavy atom. The summed E-state index contributed by atoms with van der Waals surface area (Å²) in [6.45, 7) is 2.61. The Kier molecular flexibility index (Phi) is 43.1. The van der Waals surface area contributed by atoms with E-state index in [1.165, 1.54) is 154 Å². The molecule has 0 spiro atoms. The van der Waals surface area contributed by atoms with Crippen LogP contribution in [0.5, 0.6) is 0 Å². The van der Waals surface area contributed by atoms with Gasteiger partial charge in [-0.05, 0) is 44.9 Å². The highest BCUT2D eigenvalue weighted by molar-refractivity contribution is 7.47. The van der Waals surface area contributed by atoms with Crippen molar-refractivity contribution in [3.05, 3.63) is 24.3 Å². The topological polar surface area (TPSA) is 169 Å². The van der Waals surface area contributed by atoms with Gasteiger partial charge in [0.05, 0.1) is 13.2 Å². The summed E-state index contributed by atoms with van der Waals surface area (Å²) >= 11 is 0. The molecule has 0 aliphatic heterocycles.